The van der Waals surface area contributed by atoms with Crippen molar-refractivity contribution in [2.75, 3.05) is 0 Å². The number of allylic oxidation sites excluding steroid dienone is 1. The first kappa shape index (κ1) is 16.5. The highest BCUT2D eigenvalue weighted by Crippen LogP contribution is 2.35. The molecule has 4 nitrogen and oxygen atoms in total. The van der Waals surface area contributed by atoms with Crippen molar-refractivity contribution >= 4 is 60.8 Å². The summed E-state index contributed by atoms with van der Waals surface area (Å²) < 4.78 is 11.6. The van der Waals surface area contributed by atoms with Crippen LogP contribution in [0.25, 0.3) is 50.5 Å². The van der Waals surface area contributed by atoms with Crippen LogP contribution in [0.2, 0.25) is 0 Å². The standard InChI is InChI=1S/C25H16BrN3O/c26-15-9-11-21-22(13-15)29-20-7-3-2-6-19(20)27-25(29)28(21)16-10-12-24-18(14-16)17-5-1-4-8-23(17)30-24/h1,3-5,7-14H,2,6H2. The lowest BCUT2D eigenvalue weighted by Crippen LogP contribution is -1.96. The Hall–Kier alpha value is -3.31. The van der Waals surface area contributed by atoms with E-state index in [1.54, 1.807) is 0 Å². The first-order valence-corrected chi connectivity index (χ1v) is 10.9. The average molecular weight is 454 g/mol. The fraction of sp³-hybridized carbons (Fsp3) is 0.0800. The number of halogens is 1. The fourth-order valence-corrected chi connectivity index (χ4v) is 5.05. The molecule has 0 amide bonds. The summed E-state index contributed by atoms with van der Waals surface area (Å²) in [5, 5.41) is 2.26. The van der Waals surface area contributed by atoms with Crippen LogP contribution in [0.1, 0.15) is 17.8 Å². The van der Waals surface area contributed by atoms with Gasteiger partial charge in [0.15, 0.2) is 0 Å². The summed E-state index contributed by atoms with van der Waals surface area (Å²) in [6.45, 7) is 0. The summed E-state index contributed by atoms with van der Waals surface area (Å²) in [6.07, 6.45) is 6.47. The molecule has 0 saturated carbocycles. The van der Waals surface area contributed by atoms with Crippen molar-refractivity contribution in [1.82, 2.24) is 14.0 Å². The zero-order chi connectivity index (χ0) is 19.8. The zero-order valence-corrected chi connectivity index (χ0v) is 17.6. The Labute approximate surface area is 180 Å². The summed E-state index contributed by atoms with van der Waals surface area (Å²) in [6, 6.07) is 21.0. The molecule has 6 aromatic rings. The molecule has 0 aliphatic heterocycles. The van der Waals surface area contributed by atoms with Crippen molar-refractivity contribution in [2.45, 2.75) is 12.8 Å². The first-order valence-electron chi connectivity index (χ1n) is 10.1. The van der Waals surface area contributed by atoms with E-state index in [1.165, 1.54) is 5.69 Å². The molecule has 3 heterocycles. The maximum absolute atomic E-state index is 6.04. The molecule has 0 N–H and O–H groups in total. The van der Waals surface area contributed by atoms with Crippen LogP contribution in [0, 0.1) is 0 Å². The van der Waals surface area contributed by atoms with Gasteiger partial charge in [0, 0.05) is 15.2 Å². The predicted octanol–water partition coefficient (Wildman–Crippen LogP) is 6.90. The van der Waals surface area contributed by atoms with Gasteiger partial charge in [-0.25, -0.2) is 4.98 Å². The van der Waals surface area contributed by atoms with E-state index in [0.29, 0.717) is 0 Å². The monoisotopic (exact) mass is 453 g/mol. The number of hydrogen-bond donors (Lipinski definition) is 0. The van der Waals surface area contributed by atoms with E-state index in [9.17, 15) is 0 Å². The number of furan rings is 1. The van der Waals surface area contributed by atoms with Crippen molar-refractivity contribution < 1.29 is 4.42 Å². The molecule has 7 rings (SSSR count). The van der Waals surface area contributed by atoms with E-state index >= 15 is 0 Å². The summed E-state index contributed by atoms with van der Waals surface area (Å²) in [4.78, 5) is 5.06. The Morgan fingerprint density at radius 3 is 2.77 bits per heavy atom. The number of hydrogen-bond acceptors (Lipinski definition) is 2. The Morgan fingerprint density at radius 2 is 1.80 bits per heavy atom. The van der Waals surface area contributed by atoms with Crippen molar-refractivity contribution in [3.63, 3.8) is 0 Å². The minimum Gasteiger partial charge on any atom is -0.456 e. The lowest BCUT2D eigenvalue weighted by atomic mass is 10.1. The molecule has 30 heavy (non-hydrogen) atoms. The lowest BCUT2D eigenvalue weighted by Gasteiger charge is -2.06. The number of benzene rings is 3. The normalized spacial score (nSPS) is 13.8. The zero-order valence-electron chi connectivity index (χ0n) is 16.0. The molecule has 0 saturated heterocycles. The van der Waals surface area contributed by atoms with Crippen LogP contribution in [-0.2, 0) is 6.42 Å². The van der Waals surface area contributed by atoms with Crippen molar-refractivity contribution in [3.05, 3.63) is 82.6 Å². The second-order valence-electron chi connectivity index (χ2n) is 7.77. The Kier molecular flexibility index (Phi) is 3.22. The maximum atomic E-state index is 6.04. The molecule has 0 radical (unpaired) electrons. The van der Waals surface area contributed by atoms with E-state index in [1.807, 2.05) is 12.1 Å². The van der Waals surface area contributed by atoms with Crippen LogP contribution in [-0.4, -0.2) is 14.0 Å². The van der Waals surface area contributed by atoms with Crippen molar-refractivity contribution in [3.8, 4) is 5.69 Å². The summed E-state index contributed by atoms with van der Waals surface area (Å²) in [5.41, 5.74) is 7.54. The van der Waals surface area contributed by atoms with E-state index in [0.717, 1.165) is 67.4 Å². The Bertz CT molecular complexity index is 1660. The van der Waals surface area contributed by atoms with Crippen molar-refractivity contribution in [2.24, 2.45) is 0 Å². The van der Waals surface area contributed by atoms with Gasteiger partial charge >= 0.3 is 0 Å². The summed E-state index contributed by atoms with van der Waals surface area (Å²) >= 11 is 3.65. The van der Waals surface area contributed by atoms with Crippen LogP contribution >= 0.6 is 15.9 Å². The number of fused-ring (bicyclic) bond motifs is 8. The number of aryl methyl sites for hydroxylation is 1. The third kappa shape index (κ3) is 2.13. The van der Waals surface area contributed by atoms with Gasteiger partial charge in [-0.05, 0) is 61.4 Å². The van der Waals surface area contributed by atoms with Crippen LogP contribution in [0.4, 0.5) is 0 Å². The highest BCUT2D eigenvalue weighted by Gasteiger charge is 2.21. The Balaban J connectivity index is 1.62. The summed E-state index contributed by atoms with van der Waals surface area (Å²) in [7, 11) is 0. The van der Waals surface area contributed by atoms with Gasteiger partial charge in [-0.2, -0.15) is 0 Å². The molecule has 144 valence electrons. The van der Waals surface area contributed by atoms with Gasteiger partial charge in [-0.3, -0.25) is 8.97 Å². The van der Waals surface area contributed by atoms with E-state index in [2.05, 4.69) is 85.6 Å². The minimum absolute atomic E-state index is 0.903. The highest BCUT2D eigenvalue weighted by atomic mass is 79.9. The quantitative estimate of drug-likeness (QED) is 0.271. The molecule has 1 aliphatic rings. The molecule has 3 aromatic heterocycles. The van der Waals surface area contributed by atoms with Gasteiger partial charge in [0.1, 0.15) is 11.2 Å². The number of para-hydroxylation sites is 1. The lowest BCUT2D eigenvalue weighted by molar-refractivity contribution is 0.669. The second kappa shape index (κ2) is 5.86. The molecule has 1 aliphatic carbocycles. The SMILES string of the molecule is Brc1ccc2c(c1)n1c3c(nc1n2-c1ccc2oc4ccccc4c2c1)CCC=C3. The number of imidazole rings is 2. The van der Waals surface area contributed by atoms with Gasteiger partial charge in [-0.15, -0.1) is 0 Å². The maximum Gasteiger partial charge on any atom is 0.220 e. The average Bonchev–Trinajstić information content (AvgIpc) is 3.41. The van der Waals surface area contributed by atoms with Crippen LogP contribution in [0.15, 0.2) is 75.6 Å². The molecule has 3 aromatic carbocycles. The number of nitrogens with zero attached hydrogens (tertiary/aromatic N) is 3. The molecule has 0 unspecified atom stereocenters. The van der Waals surface area contributed by atoms with Gasteiger partial charge < -0.3 is 4.42 Å². The van der Waals surface area contributed by atoms with Crippen LogP contribution in [0.5, 0.6) is 0 Å². The molecular formula is C25H16BrN3O. The van der Waals surface area contributed by atoms with Gasteiger partial charge in [0.05, 0.1) is 28.1 Å². The second-order valence-corrected chi connectivity index (χ2v) is 8.68. The Morgan fingerprint density at radius 1 is 0.900 bits per heavy atom. The highest BCUT2D eigenvalue weighted by molar-refractivity contribution is 9.10. The van der Waals surface area contributed by atoms with Gasteiger partial charge in [0.2, 0.25) is 5.78 Å². The van der Waals surface area contributed by atoms with Crippen LogP contribution in [0.3, 0.4) is 0 Å². The van der Waals surface area contributed by atoms with E-state index in [-0.39, 0.29) is 0 Å². The molecule has 5 heteroatoms. The van der Waals surface area contributed by atoms with Gasteiger partial charge in [-0.1, -0.05) is 40.2 Å². The molecule has 0 atom stereocenters. The minimum atomic E-state index is 0.903. The topological polar surface area (TPSA) is 35.4 Å². The largest absolute Gasteiger partial charge is 0.456 e. The molecule has 0 bridgehead atoms. The van der Waals surface area contributed by atoms with Gasteiger partial charge in [0.25, 0.3) is 0 Å². The molecule has 0 spiro atoms. The van der Waals surface area contributed by atoms with Crippen molar-refractivity contribution in [1.29, 1.82) is 0 Å². The number of rotatable bonds is 1. The van der Waals surface area contributed by atoms with Crippen LogP contribution < -0.4 is 0 Å². The van der Waals surface area contributed by atoms with E-state index in [4.69, 9.17) is 9.40 Å². The molecule has 0 fully saturated rings. The fourth-order valence-electron chi connectivity index (χ4n) is 4.70. The number of aromatic nitrogens is 3. The van der Waals surface area contributed by atoms with E-state index < -0.39 is 0 Å². The first-order chi connectivity index (χ1) is 14.8. The third-order valence-electron chi connectivity index (χ3n) is 6.03. The summed E-state index contributed by atoms with van der Waals surface area (Å²) in [5.74, 6) is 0.951. The smallest absolute Gasteiger partial charge is 0.220 e. The third-order valence-corrected chi connectivity index (χ3v) is 6.53. The molecular weight excluding hydrogens is 438 g/mol. The predicted molar refractivity (Wildman–Crippen MR) is 124 cm³/mol.